The zero-order valence-electron chi connectivity index (χ0n) is 15.1. The third-order valence-electron chi connectivity index (χ3n) is 4.21. The quantitative estimate of drug-likeness (QED) is 0.420. The molecule has 29 heavy (non-hydrogen) atoms. The van der Waals surface area contributed by atoms with Gasteiger partial charge in [0.1, 0.15) is 18.2 Å². The van der Waals surface area contributed by atoms with Crippen molar-refractivity contribution in [2.24, 2.45) is 4.99 Å². The van der Waals surface area contributed by atoms with Crippen molar-refractivity contribution in [3.8, 4) is 5.75 Å². The summed E-state index contributed by atoms with van der Waals surface area (Å²) >= 11 is 5.99. The number of hydrogen-bond acceptors (Lipinski definition) is 4. The fraction of sp³-hybridized carbons (Fsp3) is 0.0435. The normalized spacial score (nSPS) is 14.6. The number of benzene rings is 3. The lowest BCUT2D eigenvalue weighted by atomic mass is 10.1. The van der Waals surface area contributed by atoms with E-state index in [1.54, 1.807) is 48.5 Å². The maximum atomic E-state index is 13.0. The van der Waals surface area contributed by atoms with E-state index in [9.17, 15) is 9.18 Å². The third kappa shape index (κ3) is 4.52. The maximum absolute atomic E-state index is 13.0. The third-order valence-corrected chi connectivity index (χ3v) is 4.45. The van der Waals surface area contributed by atoms with E-state index in [0.29, 0.717) is 21.9 Å². The summed E-state index contributed by atoms with van der Waals surface area (Å²) in [6.45, 7) is 0.266. The van der Waals surface area contributed by atoms with Crippen molar-refractivity contribution in [1.82, 2.24) is 0 Å². The molecule has 0 saturated carbocycles. The van der Waals surface area contributed by atoms with E-state index in [0.717, 1.165) is 5.56 Å². The molecule has 0 bridgehead atoms. The summed E-state index contributed by atoms with van der Waals surface area (Å²) in [6.07, 6.45) is 1.61. The molecule has 4 rings (SSSR count). The summed E-state index contributed by atoms with van der Waals surface area (Å²) < 4.78 is 24.2. The first-order valence-corrected chi connectivity index (χ1v) is 9.21. The molecular formula is C23H15ClFNO3. The lowest BCUT2D eigenvalue weighted by Crippen LogP contribution is -2.05. The molecule has 1 heterocycles. The van der Waals surface area contributed by atoms with Gasteiger partial charge in [-0.15, -0.1) is 0 Å². The topological polar surface area (TPSA) is 47.9 Å². The Morgan fingerprint density at radius 1 is 1.03 bits per heavy atom. The molecule has 0 unspecified atom stereocenters. The molecule has 1 aliphatic heterocycles. The number of esters is 1. The molecule has 3 aromatic rings. The van der Waals surface area contributed by atoms with Crippen LogP contribution in [-0.2, 0) is 16.1 Å². The molecule has 0 radical (unpaired) electrons. The van der Waals surface area contributed by atoms with E-state index in [2.05, 4.69) is 4.99 Å². The van der Waals surface area contributed by atoms with E-state index < -0.39 is 5.97 Å². The number of rotatable bonds is 5. The number of cyclic esters (lactones) is 1. The van der Waals surface area contributed by atoms with Crippen LogP contribution in [0.3, 0.4) is 0 Å². The van der Waals surface area contributed by atoms with Gasteiger partial charge in [0.05, 0.1) is 0 Å². The predicted octanol–water partition coefficient (Wildman–Crippen LogP) is 5.40. The highest BCUT2D eigenvalue weighted by Crippen LogP contribution is 2.26. The van der Waals surface area contributed by atoms with E-state index in [1.165, 1.54) is 12.1 Å². The van der Waals surface area contributed by atoms with E-state index in [1.807, 2.05) is 18.2 Å². The fourth-order valence-corrected chi connectivity index (χ4v) is 2.96. The number of hydrogen-bond donors (Lipinski definition) is 0. The maximum Gasteiger partial charge on any atom is 0.363 e. The SMILES string of the molecule is O=C1OC(c2cccc(Cl)c2)=N/C1=C\c1ccccc1OCc1ccc(F)cc1. The molecule has 0 fully saturated rings. The average Bonchev–Trinajstić information content (AvgIpc) is 3.09. The molecule has 0 atom stereocenters. The summed E-state index contributed by atoms with van der Waals surface area (Å²) in [6, 6.07) is 20.3. The van der Waals surface area contributed by atoms with Gasteiger partial charge < -0.3 is 9.47 Å². The van der Waals surface area contributed by atoms with Crippen molar-refractivity contribution in [2.75, 3.05) is 0 Å². The number of para-hydroxylation sites is 1. The van der Waals surface area contributed by atoms with Crippen LogP contribution in [0.1, 0.15) is 16.7 Å². The highest BCUT2D eigenvalue weighted by Gasteiger charge is 2.24. The average molecular weight is 408 g/mol. The van der Waals surface area contributed by atoms with Gasteiger partial charge in [-0.3, -0.25) is 0 Å². The lowest BCUT2D eigenvalue weighted by molar-refractivity contribution is -0.129. The Morgan fingerprint density at radius 2 is 1.83 bits per heavy atom. The van der Waals surface area contributed by atoms with Gasteiger partial charge in [-0.05, 0) is 48.0 Å². The highest BCUT2D eigenvalue weighted by atomic mass is 35.5. The Morgan fingerprint density at radius 3 is 2.62 bits per heavy atom. The van der Waals surface area contributed by atoms with Gasteiger partial charge in [0.15, 0.2) is 5.70 Å². The minimum Gasteiger partial charge on any atom is -0.488 e. The van der Waals surface area contributed by atoms with Crippen LogP contribution >= 0.6 is 11.6 Å². The number of aliphatic imine (C=N–C) groups is 1. The first kappa shape index (κ1) is 18.9. The second kappa shape index (κ2) is 8.29. The molecule has 0 aromatic heterocycles. The van der Waals surface area contributed by atoms with Crippen LogP contribution in [0.4, 0.5) is 4.39 Å². The monoisotopic (exact) mass is 407 g/mol. The lowest BCUT2D eigenvalue weighted by Gasteiger charge is -2.09. The number of ether oxygens (including phenoxy) is 2. The standard InChI is InChI=1S/C23H15ClFNO3/c24-18-6-3-5-17(12-18)22-26-20(23(27)29-22)13-16-4-1-2-7-21(16)28-14-15-8-10-19(25)11-9-15/h1-13H,14H2/b20-13-. The van der Waals surface area contributed by atoms with Crippen molar-refractivity contribution < 1.29 is 18.7 Å². The highest BCUT2D eigenvalue weighted by molar-refractivity contribution is 6.31. The van der Waals surface area contributed by atoms with E-state index in [4.69, 9.17) is 21.1 Å². The van der Waals surface area contributed by atoms with Gasteiger partial charge in [-0.25, -0.2) is 14.2 Å². The van der Waals surface area contributed by atoms with E-state index in [-0.39, 0.29) is 24.0 Å². The van der Waals surface area contributed by atoms with Gasteiger partial charge >= 0.3 is 5.97 Å². The van der Waals surface area contributed by atoms with Crippen LogP contribution < -0.4 is 4.74 Å². The second-order valence-corrected chi connectivity index (χ2v) is 6.74. The molecular weight excluding hydrogens is 393 g/mol. The van der Waals surface area contributed by atoms with Crippen LogP contribution in [0.25, 0.3) is 6.08 Å². The zero-order valence-corrected chi connectivity index (χ0v) is 15.9. The van der Waals surface area contributed by atoms with Crippen molar-refractivity contribution in [3.63, 3.8) is 0 Å². The Balaban J connectivity index is 1.57. The fourth-order valence-electron chi connectivity index (χ4n) is 2.77. The first-order valence-electron chi connectivity index (χ1n) is 8.83. The summed E-state index contributed by atoms with van der Waals surface area (Å²) in [7, 11) is 0. The Hall–Kier alpha value is -3.44. The molecule has 0 amide bonds. The molecule has 0 aliphatic carbocycles. The van der Waals surface area contributed by atoms with Gasteiger partial charge in [-0.2, -0.15) is 0 Å². The van der Waals surface area contributed by atoms with Crippen LogP contribution in [0.5, 0.6) is 5.75 Å². The number of carbonyl (C=O) groups excluding carboxylic acids is 1. The second-order valence-electron chi connectivity index (χ2n) is 6.30. The van der Waals surface area contributed by atoms with Crippen LogP contribution in [0.15, 0.2) is 83.5 Å². The zero-order chi connectivity index (χ0) is 20.2. The molecule has 0 spiro atoms. The predicted molar refractivity (Wildman–Crippen MR) is 109 cm³/mol. The molecule has 4 nitrogen and oxygen atoms in total. The molecule has 144 valence electrons. The summed E-state index contributed by atoms with van der Waals surface area (Å²) in [5.74, 6) is -0.0719. The molecule has 3 aromatic carbocycles. The number of nitrogens with zero attached hydrogens (tertiary/aromatic N) is 1. The Labute approximate surface area is 171 Å². The Kier molecular flexibility index (Phi) is 5.40. The van der Waals surface area contributed by atoms with Gasteiger partial charge in [0.2, 0.25) is 5.90 Å². The van der Waals surface area contributed by atoms with Crippen LogP contribution in [0, 0.1) is 5.82 Å². The largest absolute Gasteiger partial charge is 0.488 e. The summed E-state index contributed by atoms with van der Waals surface area (Å²) in [5.41, 5.74) is 2.29. The minimum absolute atomic E-state index is 0.165. The van der Waals surface area contributed by atoms with Gasteiger partial charge in [0.25, 0.3) is 0 Å². The van der Waals surface area contributed by atoms with Crippen molar-refractivity contribution in [3.05, 3.63) is 106 Å². The summed E-state index contributed by atoms with van der Waals surface area (Å²) in [5, 5.41) is 0.526. The molecule has 0 N–H and O–H groups in total. The summed E-state index contributed by atoms with van der Waals surface area (Å²) in [4.78, 5) is 16.6. The number of carbonyl (C=O) groups is 1. The van der Waals surface area contributed by atoms with Gasteiger partial charge in [0, 0.05) is 16.1 Å². The molecule has 0 saturated heterocycles. The van der Waals surface area contributed by atoms with E-state index >= 15 is 0 Å². The molecule has 1 aliphatic rings. The van der Waals surface area contributed by atoms with Crippen molar-refractivity contribution >= 4 is 29.5 Å². The van der Waals surface area contributed by atoms with Crippen molar-refractivity contribution in [2.45, 2.75) is 6.61 Å². The first-order chi connectivity index (χ1) is 14.1. The van der Waals surface area contributed by atoms with Crippen LogP contribution in [-0.4, -0.2) is 11.9 Å². The smallest absolute Gasteiger partial charge is 0.363 e. The number of halogens is 2. The van der Waals surface area contributed by atoms with Gasteiger partial charge in [-0.1, -0.05) is 48.0 Å². The van der Waals surface area contributed by atoms with Crippen molar-refractivity contribution in [1.29, 1.82) is 0 Å². The molecule has 6 heteroatoms. The minimum atomic E-state index is -0.548. The Bertz CT molecular complexity index is 1120. The van der Waals surface area contributed by atoms with Crippen LogP contribution in [0.2, 0.25) is 5.02 Å².